The molecule has 2 N–H and O–H groups in total. The minimum absolute atomic E-state index is 0.0532. The van der Waals surface area contributed by atoms with Gasteiger partial charge in [0, 0.05) is 18.2 Å². The number of aliphatic hydroxyl groups is 1. The molecule has 0 radical (unpaired) electrons. The van der Waals surface area contributed by atoms with Crippen LogP contribution in [-0.2, 0) is 13.1 Å². The standard InChI is InChI=1S/C22H25N3O2/c26-13-12-25-22(14-21(24-25)19-4-2-1-3-5-19)23-15-17-8-10-20(11-9-17)27-16-18-6-7-18/h1-5,8-11,14,18,23,26H,6-7,12-13,15-16H2. The van der Waals surface area contributed by atoms with Crippen molar-refractivity contribution < 1.29 is 9.84 Å². The molecule has 0 aliphatic heterocycles. The molecule has 1 aliphatic carbocycles. The third-order valence-electron chi connectivity index (χ3n) is 4.74. The number of rotatable bonds is 9. The third kappa shape index (κ3) is 4.68. The molecule has 5 heteroatoms. The molecule has 0 spiro atoms. The first kappa shape index (κ1) is 17.6. The van der Waals surface area contributed by atoms with E-state index in [0.717, 1.165) is 35.3 Å². The van der Waals surface area contributed by atoms with Crippen LogP contribution >= 0.6 is 0 Å². The van der Waals surface area contributed by atoms with E-state index in [1.165, 1.54) is 18.4 Å². The van der Waals surface area contributed by atoms with Crippen molar-refractivity contribution in [1.82, 2.24) is 9.78 Å². The predicted octanol–water partition coefficient (Wildman–Crippen LogP) is 3.94. The van der Waals surface area contributed by atoms with Gasteiger partial charge in [-0.05, 0) is 36.5 Å². The molecule has 27 heavy (non-hydrogen) atoms. The summed E-state index contributed by atoms with van der Waals surface area (Å²) in [6, 6.07) is 20.3. The summed E-state index contributed by atoms with van der Waals surface area (Å²) < 4.78 is 7.60. The first-order chi connectivity index (χ1) is 13.3. The second kappa shape index (κ2) is 8.27. The Morgan fingerprint density at radius 2 is 1.85 bits per heavy atom. The molecule has 3 aromatic rings. The second-order valence-electron chi connectivity index (χ2n) is 6.98. The first-order valence-electron chi connectivity index (χ1n) is 9.51. The molecule has 0 unspecified atom stereocenters. The molecule has 0 amide bonds. The van der Waals surface area contributed by atoms with Gasteiger partial charge in [-0.1, -0.05) is 42.5 Å². The Morgan fingerprint density at radius 3 is 2.56 bits per heavy atom. The topological polar surface area (TPSA) is 59.3 Å². The van der Waals surface area contributed by atoms with E-state index in [1.54, 1.807) is 0 Å². The van der Waals surface area contributed by atoms with E-state index < -0.39 is 0 Å². The van der Waals surface area contributed by atoms with Gasteiger partial charge in [0.05, 0.1) is 25.5 Å². The molecule has 1 fully saturated rings. The van der Waals surface area contributed by atoms with Crippen molar-refractivity contribution >= 4 is 5.82 Å². The molecule has 0 saturated heterocycles. The highest BCUT2D eigenvalue weighted by molar-refractivity contribution is 5.63. The summed E-state index contributed by atoms with van der Waals surface area (Å²) in [6.45, 7) is 2.04. The summed E-state index contributed by atoms with van der Waals surface area (Å²) in [5.41, 5.74) is 3.14. The Balaban J connectivity index is 1.41. The van der Waals surface area contributed by atoms with Crippen molar-refractivity contribution in [3.05, 3.63) is 66.2 Å². The Labute approximate surface area is 159 Å². The summed E-state index contributed by atoms with van der Waals surface area (Å²) in [6.07, 6.45) is 2.60. The van der Waals surface area contributed by atoms with E-state index >= 15 is 0 Å². The number of hydrogen-bond acceptors (Lipinski definition) is 4. The maximum atomic E-state index is 9.33. The van der Waals surface area contributed by atoms with Crippen molar-refractivity contribution in [1.29, 1.82) is 0 Å². The minimum atomic E-state index is 0.0532. The van der Waals surface area contributed by atoms with Crippen LogP contribution in [0.1, 0.15) is 18.4 Å². The van der Waals surface area contributed by atoms with Crippen molar-refractivity contribution in [2.24, 2.45) is 5.92 Å². The maximum Gasteiger partial charge on any atom is 0.125 e. The van der Waals surface area contributed by atoms with Crippen LogP contribution in [0.2, 0.25) is 0 Å². The van der Waals surface area contributed by atoms with E-state index in [1.807, 2.05) is 53.2 Å². The van der Waals surface area contributed by atoms with Gasteiger partial charge in [0.15, 0.2) is 0 Å². The number of hydrogen-bond donors (Lipinski definition) is 2. The van der Waals surface area contributed by atoms with Crippen LogP contribution in [0.3, 0.4) is 0 Å². The molecule has 1 heterocycles. The zero-order valence-corrected chi connectivity index (χ0v) is 15.3. The van der Waals surface area contributed by atoms with E-state index in [9.17, 15) is 5.11 Å². The van der Waals surface area contributed by atoms with Crippen LogP contribution in [0.4, 0.5) is 5.82 Å². The lowest BCUT2D eigenvalue weighted by atomic mass is 10.1. The smallest absolute Gasteiger partial charge is 0.125 e. The molecule has 1 saturated carbocycles. The van der Waals surface area contributed by atoms with Gasteiger partial charge >= 0.3 is 0 Å². The van der Waals surface area contributed by atoms with Crippen LogP contribution in [0.25, 0.3) is 11.3 Å². The average Bonchev–Trinajstić information content (AvgIpc) is 3.46. The monoisotopic (exact) mass is 363 g/mol. The quantitative estimate of drug-likeness (QED) is 0.604. The molecule has 5 nitrogen and oxygen atoms in total. The zero-order valence-electron chi connectivity index (χ0n) is 15.3. The number of nitrogens with one attached hydrogen (secondary N) is 1. The Bertz CT molecular complexity index is 855. The summed E-state index contributed by atoms with van der Waals surface area (Å²) in [5.74, 6) is 2.59. The molecular formula is C22H25N3O2. The van der Waals surface area contributed by atoms with Gasteiger partial charge < -0.3 is 15.2 Å². The lowest BCUT2D eigenvalue weighted by Crippen LogP contribution is -2.10. The average molecular weight is 363 g/mol. The van der Waals surface area contributed by atoms with Gasteiger partial charge in [0.2, 0.25) is 0 Å². The van der Waals surface area contributed by atoms with Gasteiger partial charge in [-0.15, -0.1) is 0 Å². The Kier molecular flexibility index (Phi) is 5.39. The number of ether oxygens (including phenoxy) is 1. The van der Waals surface area contributed by atoms with Crippen LogP contribution in [0.15, 0.2) is 60.7 Å². The lowest BCUT2D eigenvalue weighted by Gasteiger charge is -2.10. The van der Waals surface area contributed by atoms with E-state index in [2.05, 4.69) is 22.5 Å². The number of nitrogens with zero attached hydrogens (tertiary/aromatic N) is 2. The second-order valence-corrected chi connectivity index (χ2v) is 6.98. The number of benzene rings is 2. The molecule has 140 valence electrons. The lowest BCUT2D eigenvalue weighted by molar-refractivity contribution is 0.270. The largest absolute Gasteiger partial charge is 0.493 e. The Hall–Kier alpha value is -2.79. The highest BCUT2D eigenvalue weighted by Gasteiger charge is 2.21. The van der Waals surface area contributed by atoms with Crippen molar-refractivity contribution in [2.75, 3.05) is 18.5 Å². The zero-order chi connectivity index (χ0) is 18.5. The highest BCUT2D eigenvalue weighted by Crippen LogP contribution is 2.29. The number of aliphatic hydroxyl groups excluding tert-OH is 1. The van der Waals surface area contributed by atoms with E-state index in [0.29, 0.717) is 13.1 Å². The molecule has 2 aromatic carbocycles. The number of aromatic nitrogens is 2. The normalized spacial score (nSPS) is 13.5. The van der Waals surface area contributed by atoms with Crippen molar-refractivity contribution in [3.63, 3.8) is 0 Å². The van der Waals surface area contributed by atoms with Crippen LogP contribution in [-0.4, -0.2) is 28.1 Å². The van der Waals surface area contributed by atoms with Gasteiger partial charge in [0.25, 0.3) is 0 Å². The van der Waals surface area contributed by atoms with Gasteiger partial charge in [-0.2, -0.15) is 5.10 Å². The van der Waals surface area contributed by atoms with Crippen LogP contribution < -0.4 is 10.1 Å². The minimum Gasteiger partial charge on any atom is -0.493 e. The highest BCUT2D eigenvalue weighted by atomic mass is 16.5. The maximum absolute atomic E-state index is 9.33. The fourth-order valence-corrected chi connectivity index (χ4v) is 2.97. The fraction of sp³-hybridized carbons (Fsp3) is 0.318. The SMILES string of the molecule is OCCn1nc(-c2ccccc2)cc1NCc1ccc(OCC2CC2)cc1. The van der Waals surface area contributed by atoms with Crippen molar-refractivity contribution in [2.45, 2.75) is 25.9 Å². The first-order valence-corrected chi connectivity index (χ1v) is 9.51. The molecule has 1 aliphatic rings. The Morgan fingerprint density at radius 1 is 1.07 bits per heavy atom. The van der Waals surface area contributed by atoms with Gasteiger partial charge in [-0.25, -0.2) is 4.68 Å². The van der Waals surface area contributed by atoms with E-state index in [-0.39, 0.29) is 6.61 Å². The van der Waals surface area contributed by atoms with E-state index in [4.69, 9.17) is 4.74 Å². The summed E-state index contributed by atoms with van der Waals surface area (Å²) >= 11 is 0. The summed E-state index contributed by atoms with van der Waals surface area (Å²) in [4.78, 5) is 0. The molecular weight excluding hydrogens is 338 g/mol. The summed E-state index contributed by atoms with van der Waals surface area (Å²) in [7, 11) is 0. The fourth-order valence-electron chi connectivity index (χ4n) is 2.97. The summed E-state index contributed by atoms with van der Waals surface area (Å²) in [5, 5.41) is 17.4. The van der Waals surface area contributed by atoms with Gasteiger partial charge in [0.1, 0.15) is 11.6 Å². The molecule has 0 atom stereocenters. The van der Waals surface area contributed by atoms with Crippen molar-refractivity contribution in [3.8, 4) is 17.0 Å². The molecule has 4 rings (SSSR count). The van der Waals surface area contributed by atoms with Gasteiger partial charge in [-0.3, -0.25) is 0 Å². The third-order valence-corrected chi connectivity index (χ3v) is 4.74. The van der Waals surface area contributed by atoms with Crippen LogP contribution in [0.5, 0.6) is 5.75 Å². The van der Waals surface area contributed by atoms with Crippen LogP contribution in [0, 0.1) is 5.92 Å². The number of anilines is 1. The predicted molar refractivity (Wildman–Crippen MR) is 107 cm³/mol. The molecule has 1 aromatic heterocycles. The molecule has 0 bridgehead atoms.